The van der Waals surface area contributed by atoms with E-state index in [-0.39, 0.29) is 5.91 Å². The molecule has 5 nitrogen and oxygen atoms in total. The van der Waals surface area contributed by atoms with E-state index >= 15 is 0 Å². The summed E-state index contributed by atoms with van der Waals surface area (Å²) in [5.74, 6) is 0.249. The summed E-state index contributed by atoms with van der Waals surface area (Å²) < 4.78 is 11.3. The Morgan fingerprint density at radius 3 is 2.64 bits per heavy atom. The molecule has 22 heavy (non-hydrogen) atoms. The van der Waals surface area contributed by atoms with Crippen LogP contribution in [0.15, 0.2) is 0 Å². The van der Waals surface area contributed by atoms with Gasteiger partial charge in [-0.25, -0.2) is 0 Å². The molecule has 2 atom stereocenters. The van der Waals surface area contributed by atoms with Crippen LogP contribution in [0.3, 0.4) is 0 Å². The molecule has 0 aromatic carbocycles. The molecule has 1 aliphatic heterocycles. The van der Waals surface area contributed by atoms with Crippen LogP contribution in [0.25, 0.3) is 0 Å². The van der Waals surface area contributed by atoms with E-state index in [0.29, 0.717) is 37.3 Å². The maximum absolute atomic E-state index is 12.5. The van der Waals surface area contributed by atoms with Crippen LogP contribution >= 0.6 is 0 Å². The highest BCUT2D eigenvalue weighted by Gasteiger charge is 2.58. The van der Waals surface area contributed by atoms with E-state index in [1.807, 2.05) is 4.90 Å². The molecule has 3 aliphatic rings. The van der Waals surface area contributed by atoms with Crippen LogP contribution in [0, 0.1) is 5.41 Å². The zero-order chi connectivity index (χ0) is 15.6. The van der Waals surface area contributed by atoms with E-state index in [9.17, 15) is 4.79 Å². The number of nitrogens with zero attached hydrogens (tertiary/aromatic N) is 2. The fourth-order valence-corrected chi connectivity index (χ4v) is 4.71. The smallest absolute Gasteiger partial charge is 0.236 e. The number of amides is 1. The Balaban J connectivity index is 1.57. The summed E-state index contributed by atoms with van der Waals surface area (Å²) in [4.78, 5) is 16.7. The molecule has 2 aliphatic carbocycles. The molecule has 1 heterocycles. The van der Waals surface area contributed by atoms with Crippen molar-refractivity contribution < 1.29 is 14.3 Å². The molecule has 0 unspecified atom stereocenters. The van der Waals surface area contributed by atoms with Crippen LogP contribution in [-0.4, -0.2) is 74.4 Å². The lowest BCUT2D eigenvalue weighted by molar-refractivity contribution is -0.166. The number of carbonyl (C=O) groups excluding carboxylic acids is 1. The number of hydrogen-bond acceptors (Lipinski definition) is 4. The Morgan fingerprint density at radius 2 is 2.00 bits per heavy atom. The monoisotopic (exact) mass is 310 g/mol. The third kappa shape index (κ3) is 2.91. The largest absolute Gasteiger partial charge is 0.378 e. The molecule has 0 N–H and O–H groups in total. The lowest BCUT2D eigenvalue weighted by Crippen LogP contribution is -2.64. The first-order valence-corrected chi connectivity index (χ1v) is 8.85. The van der Waals surface area contributed by atoms with Crippen molar-refractivity contribution in [3.8, 4) is 0 Å². The summed E-state index contributed by atoms with van der Waals surface area (Å²) in [6.45, 7) is 6.25. The Morgan fingerprint density at radius 1 is 1.32 bits per heavy atom. The summed E-state index contributed by atoms with van der Waals surface area (Å²) in [7, 11) is 2.12. The second-order valence-electron chi connectivity index (χ2n) is 7.04. The van der Waals surface area contributed by atoms with Crippen molar-refractivity contribution >= 4 is 5.91 Å². The van der Waals surface area contributed by atoms with Gasteiger partial charge in [0.2, 0.25) is 5.91 Å². The summed E-state index contributed by atoms with van der Waals surface area (Å²) in [6.07, 6.45) is 6.64. The van der Waals surface area contributed by atoms with Gasteiger partial charge in [0.15, 0.2) is 0 Å². The molecule has 5 heteroatoms. The van der Waals surface area contributed by atoms with Gasteiger partial charge in [-0.05, 0) is 33.2 Å². The standard InChI is InChI=1S/C17H30N2O3/c1-3-22-15-12-14(17(15)6-4-5-7-17)18(2)13-16(20)19-8-10-21-11-9-19/h14-15H,3-13H2,1-2H3/t14-,15-/m0/s1. The number of likely N-dealkylation sites (N-methyl/N-ethyl adjacent to an activating group) is 1. The molecule has 1 amide bonds. The first kappa shape index (κ1) is 16.2. The second kappa shape index (κ2) is 6.85. The molecule has 0 aromatic rings. The molecule has 0 aromatic heterocycles. The van der Waals surface area contributed by atoms with Gasteiger partial charge in [-0.2, -0.15) is 0 Å². The molecule has 1 saturated heterocycles. The number of hydrogen-bond donors (Lipinski definition) is 0. The Kier molecular flexibility index (Phi) is 5.05. The second-order valence-corrected chi connectivity index (χ2v) is 7.04. The fraction of sp³-hybridized carbons (Fsp3) is 0.941. The third-order valence-corrected chi connectivity index (χ3v) is 5.93. The summed E-state index contributed by atoms with van der Waals surface area (Å²) in [6, 6.07) is 0.511. The molecule has 3 rings (SSSR count). The van der Waals surface area contributed by atoms with Gasteiger partial charge in [0.25, 0.3) is 0 Å². The normalized spacial score (nSPS) is 30.8. The van der Waals surface area contributed by atoms with E-state index in [2.05, 4.69) is 18.9 Å². The quantitative estimate of drug-likeness (QED) is 0.772. The van der Waals surface area contributed by atoms with Gasteiger partial charge in [-0.15, -0.1) is 0 Å². The van der Waals surface area contributed by atoms with Crippen LogP contribution in [0.5, 0.6) is 0 Å². The van der Waals surface area contributed by atoms with Crippen molar-refractivity contribution in [1.29, 1.82) is 0 Å². The van der Waals surface area contributed by atoms with E-state index in [4.69, 9.17) is 9.47 Å². The number of ether oxygens (including phenoxy) is 2. The van der Waals surface area contributed by atoms with Crippen LogP contribution in [0.1, 0.15) is 39.0 Å². The lowest BCUT2D eigenvalue weighted by Gasteiger charge is -2.57. The van der Waals surface area contributed by atoms with Crippen LogP contribution in [0.2, 0.25) is 0 Å². The maximum Gasteiger partial charge on any atom is 0.236 e. The van der Waals surface area contributed by atoms with Crippen LogP contribution in [-0.2, 0) is 14.3 Å². The van der Waals surface area contributed by atoms with E-state index in [1.165, 1.54) is 25.7 Å². The van der Waals surface area contributed by atoms with Gasteiger partial charge in [-0.1, -0.05) is 12.8 Å². The highest BCUT2D eigenvalue weighted by Crippen LogP contribution is 2.56. The first-order chi connectivity index (χ1) is 10.7. The fourth-order valence-electron chi connectivity index (χ4n) is 4.71. The van der Waals surface area contributed by atoms with Crippen molar-refractivity contribution in [2.24, 2.45) is 5.41 Å². The first-order valence-electron chi connectivity index (χ1n) is 8.85. The average Bonchev–Trinajstić information content (AvgIpc) is 3.04. The van der Waals surface area contributed by atoms with E-state index in [0.717, 1.165) is 26.1 Å². The van der Waals surface area contributed by atoms with Gasteiger partial charge in [-0.3, -0.25) is 9.69 Å². The topological polar surface area (TPSA) is 42.0 Å². The Hall–Kier alpha value is -0.650. The predicted molar refractivity (Wildman–Crippen MR) is 84.7 cm³/mol. The number of morpholine rings is 1. The maximum atomic E-state index is 12.5. The van der Waals surface area contributed by atoms with Gasteiger partial charge in [0.1, 0.15) is 0 Å². The Bertz CT molecular complexity index is 389. The molecule has 0 radical (unpaired) electrons. The Labute approximate surface area is 133 Å². The van der Waals surface area contributed by atoms with E-state index in [1.54, 1.807) is 0 Å². The highest BCUT2D eigenvalue weighted by atomic mass is 16.5. The zero-order valence-corrected chi connectivity index (χ0v) is 14.1. The minimum atomic E-state index is 0.249. The zero-order valence-electron chi connectivity index (χ0n) is 14.1. The SMILES string of the molecule is CCO[C@H]1C[C@H](N(C)CC(=O)N2CCOCC2)C12CCCC2. The molecule has 0 bridgehead atoms. The molecule has 1 spiro atoms. The van der Waals surface area contributed by atoms with Crippen molar-refractivity contribution in [3.63, 3.8) is 0 Å². The highest BCUT2D eigenvalue weighted by molar-refractivity contribution is 5.78. The summed E-state index contributed by atoms with van der Waals surface area (Å²) in [5.41, 5.74) is 0.316. The van der Waals surface area contributed by atoms with Crippen molar-refractivity contribution in [2.75, 3.05) is 46.5 Å². The minimum Gasteiger partial charge on any atom is -0.378 e. The lowest BCUT2D eigenvalue weighted by atomic mass is 9.60. The van der Waals surface area contributed by atoms with Crippen LogP contribution < -0.4 is 0 Å². The summed E-state index contributed by atoms with van der Waals surface area (Å²) in [5, 5.41) is 0. The molecular formula is C17H30N2O3. The van der Waals surface area contributed by atoms with E-state index < -0.39 is 0 Å². The molecular weight excluding hydrogens is 280 g/mol. The van der Waals surface area contributed by atoms with Gasteiger partial charge >= 0.3 is 0 Å². The third-order valence-electron chi connectivity index (χ3n) is 5.93. The van der Waals surface area contributed by atoms with Gasteiger partial charge in [0, 0.05) is 31.2 Å². The van der Waals surface area contributed by atoms with Gasteiger partial charge < -0.3 is 14.4 Å². The van der Waals surface area contributed by atoms with Crippen molar-refractivity contribution in [1.82, 2.24) is 9.80 Å². The van der Waals surface area contributed by atoms with Crippen molar-refractivity contribution in [2.45, 2.75) is 51.2 Å². The molecule has 3 fully saturated rings. The molecule has 2 saturated carbocycles. The van der Waals surface area contributed by atoms with Gasteiger partial charge in [0.05, 0.1) is 25.9 Å². The van der Waals surface area contributed by atoms with Crippen LogP contribution in [0.4, 0.5) is 0 Å². The van der Waals surface area contributed by atoms with Crippen molar-refractivity contribution in [3.05, 3.63) is 0 Å². The average molecular weight is 310 g/mol. The number of rotatable bonds is 5. The summed E-state index contributed by atoms with van der Waals surface area (Å²) >= 11 is 0. The number of carbonyl (C=O) groups is 1. The predicted octanol–water partition coefficient (Wildman–Crippen LogP) is 1.51. The minimum absolute atomic E-state index is 0.249. The molecule has 126 valence electrons.